The second kappa shape index (κ2) is 7.37. The van der Waals surface area contributed by atoms with E-state index in [4.69, 9.17) is 4.74 Å². The number of ether oxygens (including phenoxy) is 1. The molecular weight excluding hydrogens is 312 g/mol. The van der Waals surface area contributed by atoms with Crippen LogP contribution in [0.15, 0.2) is 10.9 Å². The quantitative estimate of drug-likeness (QED) is 0.748. The minimum atomic E-state index is -0.475. The number of hydrogen-bond donors (Lipinski definition) is 2. The van der Waals surface area contributed by atoms with Crippen LogP contribution in [0.5, 0.6) is 5.75 Å². The van der Waals surface area contributed by atoms with Crippen LogP contribution in [0.3, 0.4) is 0 Å². The van der Waals surface area contributed by atoms with E-state index in [2.05, 4.69) is 10.7 Å². The van der Waals surface area contributed by atoms with Crippen LogP contribution < -0.4 is 20.9 Å². The van der Waals surface area contributed by atoms with Gasteiger partial charge in [0.25, 0.3) is 11.8 Å². The summed E-state index contributed by atoms with van der Waals surface area (Å²) in [6.45, 7) is 6.35. The van der Waals surface area contributed by atoms with Crippen LogP contribution in [0.1, 0.15) is 54.6 Å². The number of rotatable bonds is 6. The van der Waals surface area contributed by atoms with Crippen LogP contribution >= 0.6 is 0 Å². The molecule has 0 bridgehead atoms. The number of nitrogens with one attached hydrogen (secondary N) is 2. The number of nitrogens with zero attached hydrogens (tertiary/aromatic N) is 2. The van der Waals surface area contributed by atoms with Crippen LogP contribution in [-0.4, -0.2) is 47.8 Å². The molecule has 2 amide bonds. The molecule has 1 aliphatic rings. The van der Waals surface area contributed by atoms with Crippen molar-refractivity contribution in [2.45, 2.75) is 39.7 Å². The molecule has 2 rings (SSSR count). The van der Waals surface area contributed by atoms with Crippen molar-refractivity contribution in [2.24, 2.45) is 0 Å². The fourth-order valence-electron chi connectivity index (χ4n) is 2.47. The van der Waals surface area contributed by atoms with Crippen LogP contribution in [-0.2, 0) is 0 Å². The maximum Gasteiger partial charge on any atom is 0.278 e. The Morgan fingerprint density at radius 1 is 1.42 bits per heavy atom. The van der Waals surface area contributed by atoms with Gasteiger partial charge in [-0.05, 0) is 20.3 Å². The Morgan fingerprint density at radius 2 is 2.12 bits per heavy atom. The molecule has 132 valence electrons. The van der Waals surface area contributed by atoms with E-state index in [1.54, 1.807) is 4.90 Å². The topological polar surface area (TPSA) is 92.7 Å². The van der Waals surface area contributed by atoms with Crippen molar-refractivity contribution in [3.8, 4) is 5.75 Å². The molecule has 0 saturated carbocycles. The van der Waals surface area contributed by atoms with E-state index in [0.29, 0.717) is 6.61 Å². The predicted octanol–water partition coefficient (Wildman–Crippen LogP) is 0.752. The number of unbranched alkanes of at least 4 members (excludes halogenated alkanes) is 1. The third kappa shape index (κ3) is 3.22. The first-order chi connectivity index (χ1) is 11.4. The standard InChI is InChI=1S/C16H24N4O4/c1-5-6-7-24-14-12(21)8-11(15(22)17-4)20-13(14)16(23)19(9-18-20)10(2)3/h8,10,18H,5-7,9H2,1-4H3,(H,17,22). The highest BCUT2D eigenvalue weighted by Crippen LogP contribution is 2.22. The molecule has 0 fully saturated rings. The van der Waals surface area contributed by atoms with Crippen molar-refractivity contribution in [1.82, 2.24) is 14.9 Å². The van der Waals surface area contributed by atoms with Gasteiger partial charge < -0.3 is 20.4 Å². The first-order valence-electron chi connectivity index (χ1n) is 8.12. The largest absolute Gasteiger partial charge is 0.487 e. The highest BCUT2D eigenvalue weighted by atomic mass is 16.5. The Morgan fingerprint density at radius 3 is 2.71 bits per heavy atom. The van der Waals surface area contributed by atoms with Gasteiger partial charge in [-0.25, -0.2) is 4.68 Å². The molecule has 0 aromatic carbocycles. The molecule has 1 aromatic rings. The molecular formula is C16H24N4O4. The molecule has 2 heterocycles. The molecule has 8 nitrogen and oxygen atoms in total. The van der Waals surface area contributed by atoms with Crippen molar-refractivity contribution in [3.63, 3.8) is 0 Å². The van der Waals surface area contributed by atoms with Gasteiger partial charge in [0.1, 0.15) is 12.4 Å². The first kappa shape index (κ1) is 17.8. The summed E-state index contributed by atoms with van der Waals surface area (Å²) in [7, 11) is 1.47. The third-order valence-electron chi connectivity index (χ3n) is 3.86. The van der Waals surface area contributed by atoms with Gasteiger partial charge in [0.05, 0.1) is 6.61 Å². The maximum atomic E-state index is 12.8. The lowest BCUT2D eigenvalue weighted by Gasteiger charge is -2.35. The van der Waals surface area contributed by atoms with E-state index < -0.39 is 11.3 Å². The summed E-state index contributed by atoms with van der Waals surface area (Å²) in [5.41, 5.74) is 2.68. The molecule has 0 atom stereocenters. The van der Waals surface area contributed by atoms with Crippen molar-refractivity contribution in [2.75, 3.05) is 25.7 Å². The molecule has 0 radical (unpaired) electrons. The Bertz CT molecular complexity index is 696. The first-order valence-corrected chi connectivity index (χ1v) is 8.12. The molecule has 1 aliphatic heterocycles. The summed E-state index contributed by atoms with van der Waals surface area (Å²) in [5, 5.41) is 2.47. The molecule has 0 aliphatic carbocycles. The van der Waals surface area contributed by atoms with Gasteiger partial charge >= 0.3 is 0 Å². The van der Waals surface area contributed by atoms with Crippen LogP contribution in [0.25, 0.3) is 0 Å². The lowest BCUT2D eigenvalue weighted by atomic mass is 10.2. The number of aromatic nitrogens is 1. The Balaban J connectivity index is 2.59. The normalized spacial score (nSPS) is 13.5. The summed E-state index contributed by atoms with van der Waals surface area (Å²) in [6, 6.07) is 1.13. The summed E-state index contributed by atoms with van der Waals surface area (Å²) < 4.78 is 6.94. The average molecular weight is 336 g/mol. The lowest BCUT2D eigenvalue weighted by molar-refractivity contribution is 0.0667. The number of carbonyl (C=O) groups is 2. The second-order valence-corrected chi connectivity index (χ2v) is 5.87. The number of amides is 2. The highest BCUT2D eigenvalue weighted by molar-refractivity contribution is 5.99. The average Bonchev–Trinajstić information content (AvgIpc) is 2.55. The molecule has 0 unspecified atom stereocenters. The van der Waals surface area contributed by atoms with Gasteiger partial charge in [0.15, 0.2) is 11.4 Å². The van der Waals surface area contributed by atoms with E-state index in [1.165, 1.54) is 17.8 Å². The number of fused-ring (bicyclic) bond motifs is 1. The monoisotopic (exact) mass is 336 g/mol. The fraction of sp³-hybridized carbons (Fsp3) is 0.562. The molecule has 2 N–H and O–H groups in total. The van der Waals surface area contributed by atoms with E-state index in [9.17, 15) is 14.4 Å². The number of hydrogen-bond acceptors (Lipinski definition) is 5. The van der Waals surface area contributed by atoms with Gasteiger partial charge in [0, 0.05) is 19.2 Å². The van der Waals surface area contributed by atoms with Gasteiger partial charge in [0.2, 0.25) is 5.43 Å². The summed E-state index contributed by atoms with van der Waals surface area (Å²) in [6.07, 6.45) is 1.68. The second-order valence-electron chi connectivity index (χ2n) is 5.87. The van der Waals surface area contributed by atoms with Gasteiger partial charge in [-0.1, -0.05) is 13.3 Å². The maximum absolute atomic E-state index is 12.8. The SMILES string of the molecule is CCCCOc1c2n(c(C(=O)NC)cc1=O)NCN(C(C)C)C2=O. The third-order valence-corrected chi connectivity index (χ3v) is 3.86. The van der Waals surface area contributed by atoms with Gasteiger partial charge in [-0.3, -0.25) is 14.4 Å². The van der Waals surface area contributed by atoms with Gasteiger partial charge in [-0.15, -0.1) is 0 Å². The number of carbonyl (C=O) groups excluding carboxylic acids is 2. The van der Waals surface area contributed by atoms with Crippen molar-refractivity contribution < 1.29 is 14.3 Å². The van der Waals surface area contributed by atoms with Crippen molar-refractivity contribution in [1.29, 1.82) is 0 Å². The van der Waals surface area contributed by atoms with Crippen LogP contribution in [0.2, 0.25) is 0 Å². The Labute approximate surface area is 140 Å². The predicted molar refractivity (Wildman–Crippen MR) is 90.0 cm³/mol. The number of pyridine rings is 1. The van der Waals surface area contributed by atoms with Crippen molar-refractivity contribution in [3.05, 3.63) is 27.7 Å². The zero-order valence-electron chi connectivity index (χ0n) is 14.5. The van der Waals surface area contributed by atoms with Crippen molar-refractivity contribution >= 4 is 11.8 Å². The smallest absolute Gasteiger partial charge is 0.278 e. The minimum absolute atomic E-state index is 0.0149. The summed E-state index contributed by atoms with van der Waals surface area (Å²) >= 11 is 0. The van der Waals surface area contributed by atoms with Crippen LogP contribution in [0, 0.1) is 0 Å². The Kier molecular flexibility index (Phi) is 5.48. The fourth-order valence-corrected chi connectivity index (χ4v) is 2.47. The summed E-state index contributed by atoms with van der Waals surface area (Å²) in [5.74, 6) is -0.802. The lowest BCUT2D eigenvalue weighted by Crippen LogP contribution is -2.51. The summed E-state index contributed by atoms with van der Waals surface area (Å²) in [4.78, 5) is 38.9. The van der Waals surface area contributed by atoms with Crippen LogP contribution in [0.4, 0.5) is 0 Å². The minimum Gasteiger partial charge on any atom is -0.487 e. The molecule has 0 spiro atoms. The zero-order valence-corrected chi connectivity index (χ0v) is 14.5. The van der Waals surface area contributed by atoms with Gasteiger partial charge in [-0.2, -0.15) is 0 Å². The van der Waals surface area contributed by atoms with E-state index in [0.717, 1.165) is 12.8 Å². The molecule has 0 saturated heterocycles. The van der Waals surface area contributed by atoms with E-state index in [1.807, 2.05) is 20.8 Å². The highest BCUT2D eigenvalue weighted by Gasteiger charge is 2.33. The van der Waals surface area contributed by atoms with E-state index in [-0.39, 0.29) is 35.8 Å². The Hall–Kier alpha value is -2.51. The molecule has 1 aromatic heterocycles. The molecule has 24 heavy (non-hydrogen) atoms. The molecule has 8 heteroatoms. The zero-order chi connectivity index (χ0) is 17.9. The van der Waals surface area contributed by atoms with E-state index >= 15 is 0 Å².